The van der Waals surface area contributed by atoms with Crippen LogP contribution < -0.4 is 20.5 Å². The number of halogens is 2. The average Bonchev–Trinajstić information content (AvgIpc) is 3.16. The Kier molecular flexibility index (Phi) is 13.4. The van der Waals surface area contributed by atoms with Crippen LogP contribution in [0.15, 0.2) is 102 Å². The molecule has 286 valence electrons. The van der Waals surface area contributed by atoms with E-state index in [2.05, 4.69) is 33.4 Å². The number of aromatic hydroxyl groups is 1. The second kappa shape index (κ2) is 18.2. The Balaban J connectivity index is 0.00000280. The number of piperidine rings is 3. The number of benzene rings is 4. The zero-order chi connectivity index (χ0) is 36.0. The summed E-state index contributed by atoms with van der Waals surface area (Å²) in [6, 6.07) is 30.4. The van der Waals surface area contributed by atoms with Crippen LogP contribution in [0.1, 0.15) is 42.1 Å². The number of aromatic amines is 1. The second-order valence-corrected chi connectivity index (χ2v) is 13.9. The molecule has 0 radical (unpaired) electrons. The predicted molar refractivity (Wildman–Crippen MR) is 208 cm³/mol. The number of rotatable bonds is 14. The average molecular weight is 743 g/mol. The van der Waals surface area contributed by atoms with Gasteiger partial charge in [-0.05, 0) is 110 Å². The number of ether oxygens (including phenoxy) is 1. The molecule has 0 saturated carbocycles. The molecule has 54 heavy (non-hydrogen) atoms. The lowest BCUT2D eigenvalue weighted by Crippen LogP contribution is -2.59. The zero-order valence-corrected chi connectivity index (χ0v) is 30.0. The highest BCUT2D eigenvalue weighted by molar-refractivity contribution is 5.94. The van der Waals surface area contributed by atoms with E-state index in [4.69, 9.17) is 4.74 Å². The highest BCUT2D eigenvalue weighted by Gasteiger charge is 2.40. The van der Waals surface area contributed by atoms with Crippen LogP contribution in [0, 0.1) is 5.92 Å². The van der Waals surface area contributed by atoms with Gasteiger partial charge in [-0.25, -0.2) is 4.79 Å². The summed E-state index contributed by atoms with van der Waals surface area (Å²) in [7, 11) is 0. The lowest BCUT2D eigenvalue weighted by Gasteiger charge is -2.48. The van der Waals surface area contributed by atoms with Crippen molar-refractivity contribution in [3.8, 4) is 22.6 Å². The molecule has 0 spiro atoms. The molecule has 10 nitrogen and oxygen atoms in total. The van der Waals surface area contributed by atoms with Crippen LogP contribution in [-0.2, 0) is 12.8 Å². The summed E-state index contributed by atoms with van der Waals surface area (Å²) in [6.45, 7) is 4.36. The molecule has 1 amide bonds. The van der Waals surface area contributed by atoms with E-state index in [1.807, 2.05) is 54.6 Å². The third-order valence-corrected chi connectivity index (χ3v) is 10.5. The molecular weight excluding hydrogens is 694 g/mol. The van der Waals surface area contributed by atoms with Gasteiger partial charge in [0.15, 0.2) is 0 Å². The van der Waals surface area contributed by atoms with Crippen molar-refractivity contribution in [2.75, 3.05) is 44.2 Å². The Morgan fingerprint density at radius 2 is 1.70 bits per heavy atom. The maximum atomic E-state index is 12.9. The number of nitrogens with zero attached hydrogens (tertiary/aromatic N) is 2. The molecule has 0 aliphatic carbocycles. The van der Waals surface area contributed by atoms with Gasteiger partial charge >= 0.3 is 6.09 Å². The lowest BCUT2D eigenvalue weighted by molar-refractivity contribution is 0.0837. The topological polar surface area (TPSA) is 138 Å². The molecule has 3 aliphatic heterocycles. The fraction of sp³-hybridized carbons (Fsp3) is 0.333. The van der Waals surface area contributed by atoms with Crippen molar-refractivity contribution in [3.05, 3.63) is 124 Å². The van der Waals surface area contributed by atoms with Gasteiger partial charge in [0.1, 0.15) is 11.5 Å². The monoisotopic (exact) mass is 742 g/mol. The molecule has 12 heteroatoms. The summed E-state index contributed by atoms with van der Waals surface area (Å²) in [4.78, 5) is 31.3. The van der Waals surface area contributed by atoms with E-state index in [1.54, 1.807) is 17.0 Å². The van der Waals surface area contributed by atoms with Crippen LogP contribution in [0.25, 0.3) is 22.0 Å². The molecular formula is C42H48F2N4O6. The lowest BCUT2D eigenvalue weighted by atomic mass is 9.82. The smallest absolute Gasteiger partial charge is 0.412 e. The van der Waals surface area contributed by atoms with Gasteiger partial charge in [-0.3, -0.25) is 19.1 Å². The first-order chi connectivity index (χ1) is 25.3. The van der Waals surface area contributed by atoms with Crippen LogP contribution in [0.5, 0.6) is 11.5 Å². The quantitative estimate of drug-likeness (QED) is 0.0797. The number of fused-ring (bicyclic) bond motifs is 4. The second-order valence-electron chi connectivity index (χ2n) is 13.9. The van der Waals surface area contributed by atoms with E-state index in [1.165, 1.54) is 12.1 Å². The van der Waals surface area contributed by atoms with E-state index in [0.717, 1.165) is 85.4 Å². The van der Waals surface area contributed by atoms with Crippen LogP contribution in [0.3, 0.4) is 0 Å². The number of phenols is 1. The van der Waals surface area contributed by atoms with Crippen molar-refractivity contribution >= 4 is 22.7 Å². The van der Waals surface area contributed by atoms with Gasteiger partial charge in [0.2, 0.25) is 5.56 Å². The van der Waals surface area contributed by atoms with Crippen molar-refractivity contribution in [1.29, 1.82) is 0 Å². The minimum absolute atomic E-state index is 0. The number of aliphatic hydroxyl groups is 1. The molecule has 5 aromatic rings. The van der Waals surface area contributed by atoms with Gasteiger partial charge in [0, 0.05) is 30.1 Å². The molecule has 2 bridgehead atoms. The number of aromatic nitrogens is 1. The SMILES string of the molecule is F.F.O=C(O)N(c1cc(CCCOc2cccc(CCNC[C@H](O)c3ccc(O)c4[nH]c(=O)ccc34)c2)ccc1-c1ccccc1)C1CN2CCC1CC2. The summed E-state index contributed by atoms with van der Waals surface area (Å²) in [6.07, 6.45) is 2.64. The first-order valence-corrected chi connectivity index (χ1v) is 18.2. The number of anilines is 1. The number of aryl methyl sites for hydroxylation is 1. The number of hydrogen-bond donors (Lipinski definition) is 5. The minimum atomic E-state index is -0.896. The molecule has 8 rings (SSSR count). The van der Waals surface area contributed by atoms with Gasteiger partial charge in [-0.1, -0.05) is 60.7 Å². The summed E-state index contributed by atoms with van der Waals surface area (Å²) >= 11 is 0. The fourth-order valence-corrected chi connectivity index (χ4v) is 7.83. The van der Waals surface area contributed by atoms with E-state index >= 15 is 0 Å². The number of H-pyrrole nitrogens is 1. The molecule has 4 heterocycles. The zero-order valence-electron chi connectivity index (χ0n) is 30.0. The summed E-state index contributed by atoms with van der Waals surface area (Å²) < 4.78 is 6.15. The van der Waals surface area contributed by atoms with Crippen LogP contribution in [0.2, 0.25) is 0 Å². The molecule has 1 aromatic heterocycles. The molecule has 5 N–H and O–H groups in total. The molecule has 3 aliphatic rings. The number of pyridine rings is 1. The van der Waals surface area contributed by atoms with E-state index < -0.39 is 12.2 Å². The Bertz CT molecular complexity index is 2070. The molecule has 1 unspecified atom stereocenters. The van der Waals surface area contributed by atoms with Crippen molar-refractivity contribution in [2.45, 2.75) is 44.2 Å². The Labute approximate surface area is 312 Å². The highest BCUT2D eigenvalue weighted by atomic mass is 19.0. The minimum Gasteiger partial charge on any atom is -0.506 e. The number of amides is 1. The van der Waals surface area contributed by atoms with E-state index in [9.17, 15) is 24.9 Å². The predicted octanol–water partition coefficient (Wildman–Crippen LogP) is 6.66. The summed E-state index contributed by atoms with van der Waals surface area (Å²) in [5.74, 6) is 1.13. The first-order valence-electron chi connectivity index (χ1n) is 18.2. The fourth-order valence-electron chi connectivity index (χ4n) is 7.83. The third-order valence-electron chi connectivity index (χ3n) is 10.5. The highest BCUT2D eigenvalue weighted by Crippen LogP contribution is 2.39. The number of hydrogen-bond acceptors (Lipinski definition) is 7. The van der Waals surface area contributed by atoms with Crippen molar-refractivity contribution in [3.63, 3.8) is 0 Å². The van der Waals surface area contributed by atoms with Gasteiger partial charge < -0.3 is 35.3 Å². The molecule has 3 saturated heterocycles. The largest absolute Gasteiger partial charge is 0.506 e. The van der Waals surface area contributed by atoms with Gasteiger partial charge in [0.05, 0.1) is 30.0 Å². The van der Waals surface area contributed by atoms with Gasteiger partial charge in [0.25, 0.3) is 0 Å². The maximum absolute atomic E-state index is 12.9. The molecule has 2 atom stereocenters. The van der Waals surface area contributed by atoms with Crippen LogP contribution in [-0.4, -0.2) is 76.7 Å². The Hall–Kier alpha value is -5.30. The molecule has 4 aromatic carbocycles. The number of carbonyl (C=O) groups is 1. The maximum Gasteiger partial charge on any atom is 0.412 e. The molecule has 3 fully saturated rings. The van der Waals surface area contributed by atoms with E-state index in [0.29, 0.717) is 42.1 Å². The first kappa shape index (κ1) is 39.9. The standard InChI is InChI=1S/C42H46N4O6.2FH/c47-38-15-13-34(35-14-16-40(49)44-41(35)38)39(48)26-43-20-17-29-6-4-10-32(24-29)52-23-5-7-28-11-12-33(30-8-2-1-3-9-30)36(25-28)46(42(50)51)37-27-45-21-18-31(37)19-22-45;;/h1-4,6,8-16,24-25,31,37,39,43,47-48H,5,7,17-23,26-27H2,(H,44,49)(H,50,51);2*1H/t37?,39-;;/m0../s1. The summed E-state index contributed by atoms with van der Waals surface area (Å²) in [5.41, 5.74) is 5.53. The Morgan fingerprint density at radius 3 is 2.44 bits per heavy atom. The van der Waals surface area contributed by atoms with Gasteiger partial charge in [-0.2, -0.15) is 0 Å². The van der Waals surface area contributed by atoms with Crippen LogP contribution in [0.4, 0.5) is 19.9 Å². The van der Waals surface area contributed by atoms with Crippen molar-refractivity contribution in [1.82, 2.24) is 15.2 Å². The number of phenolic OH excluding ortho intramolecular Hbond substituents is 1. The number of carboxylic acid groups (broad SMARTS) is 1. The number of aliphatic hydroxyl groups excluding tert-OH is 1. The third kappa shape index (κ3) is 9.07. The van der Waals surface area contributed by atoms with Crippen molar-refractivity contribution < 1.29 is 34.3 Å². The van der Waals surface area contributed by atoms with Crippen LogP contribution >= 0.6 is 0 Å². The number of nitrogens with one attached hydrogen (secondary N) is 2. The Morgan fingerprint density at radius 1 is 0.926 bits per heavy atom. The van der Waals surface area contributed by atoms with Crippen molar-refractivity contribution in [2.24, 2.45) is 5.92 Å². The van der Waals surface area contributed by atoms with Gasteiger partial charge in [-0.15, -0.1) is 0 Å². The normalized spacial score (nSPS) is 18.0. The summed E-state index contributed by atoms with van der Waals surface area (Å²) in [5, 5.41) is 35.5. The van der Waals surface area contributed by atoms with E-state index in [-0.39, 0.29) is 26.8 Å².